The van der Waals surface area contributed by atoms with E-state index in [9.17, 15) is 20.0 Å². The molecule has 0 spiro atoms. The van der Waals surface area contributed by atoms with Gasteiger partial charge >= 0.3 is 6.09 Å². The lowest BCUT2D eigenvalue weighted by Crippen LogP contribution is -2.24. The van der Waals surface area contributed by atoms with Crippen LogP contribution >= 0.6 is 34.8 Å². The first kappa shape index (κ1) is 16.4. The highest BCUT2D eigenvalue weighted by molar-refractivity contribution is 6.37. The summed E-state index contributed by atoms with van der Waals surface area (Å²) in [5.74, 6) is 0. The van der Waals surface area contributed by atoms with Crippen molar-refractivity contribution in [3.05, 3.63) is 61.6 Å². The maximum absolute atomic E-state index is 11.6. The first-order valence-corrected chi connectivity index (χ1v) is 6.86. The zero-order chi connectivity index (χ0) is 16.4. The third-order valence-electron chi connectivity index (χ3n) is 2.72. The summed E-state index contributed by atoms with van der Waals surface area (Å²) >= 11 is 17.5. The zero-order valence-electron chi connectivity index (χ0n) is 10.7. The number of anilines is 2. The van der Waals surface area contributed by atoms with Crippen molar-refractivity contribution < 1.29 is 14.8 Å². The summed E-state index contributed by atoms with van der Waals surface area (Å²) in [4.78, 5) is 22.7. The first-order valence-electron chi connectivity index (χ1n) is 5.73. The highest BCUT2D eigenvalue weighted by Crippen LogP contribution is 2.39. The summed E-state index contributed by atoms with van der Waals surface area (Å²) in [6.07, 6.45) is -1.44. The summed E-state index contributed by atoms with van der Waals surface area (Å²) < 4.78 is 0. The molecule has 0 bridgehead atoms. The number of carboxylic acid groups (broad SMARTS) is 1. The molecule has 0 aromatic heterocycles. The van der Waals surface area contributed by atoms with Gasteiger partial charge in [-0.2, -0.15) is 0 Å². The van der Waals surface area contributed by atoms with Crippen LogP contribution in [0.4, 0.5) is 21.9 Å². The van der Waals surface area contributed by atoms with Gasteiger partial charge in [0.05, 0.1) is 15.6 Å². The summed E-state index contributed by atoms with van der Waals surface area (Å²) in [6, 6.07) is 7.79. The molecule has 2 rings (SSSR count). The Balaban J connectivity index is 2.68. The van der Waals surface area contributed by atoms with Gasteiger partial charge in [-0.3, -0.25) is 10.1 Å². The van der Waals surface area contributed by atoms with E-state index in [1.165, 1.54) is 30.3 Å². The van der Waals surface area contributed by atoms with Gasteiger partial charge in [0.2, 0.25) is 0 Å². The van der Waals surface area contributed by atoms with E-state index >= 15 is 0 Å². The fraction of sp³-hybridized carbons (Fsp3) is 0. The van der Waals surface area contributed by atoms with E-state index in [0.717, 1.165) is 6.07 Å². The largest absolute Gasteiger partial charge is 0.464 e. The Hall–Kier alpha value is -2.02. The molecule has 1 N–H and O–H groups in total. The van der Waals surface area contributed by atoms with Crippen molar-refractivity contribution in [2.45, 2.75) is 0 Å². The van der Waals surface area contributed by atoms with E-state index < -0.39 is 16.7 Å². The SMILES string of the molecule is O=C(O)N(c1ccc(Cl)cc1Cl)c1ccc(Cl)cc1[N+](=O)[O-]. The zero-order valence-corrected chi connectivity index (χ0v) is 12.9. The van der Waals surface area contributed by atoms with E-state index in [2.05, 4.69) is 0 Å². The molecule has 6 nitrogen and oxygen atoms in total. The van der Waals surface area contributed by atoms with Gasteiger partial charge in [-0.05, 0) is 30.3 Å². The Labute approximate surface area is 139 Å². The number of halogens is 3. The average molecular weight is 362 g/mol. The second-order valence-corrected chi connectivity index (χ2v) is 5.38. The molecule has 114 valence electrons. The number of hydrogen-bond acceptors (Lipinski definition) is 3. The first-order chi connectivity index (χ1) is 10.3. The fourth-order valence-corrected chi connectivity index (χ4v) is 2.49. The average Bonchev–Trinajstić information content (AvgIpc) is 2.42. The Morgan fingerprint density at radius 2 is 1.59 bits per heavy atom. The molecular weight excluding hydrogens is 355 g/mol. The molecule has 0 heterocycles. The van der Waals surface area contributed by atoms with E-state index in [0.29, 0.717) is 9.92 Å². The number of nitro groups is 1. The van der Waals surface area contributed by atoms with E-state index in [-0.39, 0.29) is 21.4 Å². The number of rotatable bonds is 3. The van der Waals surface area contributed by atoms with Crippen LogP contribution in [0.3, 0.4) is 0 Å². The summed E-state index contributed by atoms with van der Waals surface area (Å²) in [6.45, 7) is 0. The van der Waals surface area contributed by atoms with Crippen LogP contribution in [-0.4, -0.2) is 16.1 Å². The van der Waals surface area contributed by atoms with Crippen molar-refractivity contribution in [2.75, 3.05) is 4.90 Å². The molecule has 0 atom stereocenters. The second-order valence-electron chi connectivity index (χ2n) is 4.10. The molecule has 22 heavy (non-hydrogen) atoms. The molecule has 0 saturated heterocycles. The number of benzene rings is 2. The number of carbonyl (C=O) groups is 1. The van der Waals surface area contributed by atoms with E-state index in [1.807, 2.05) is 0 Å². The van der Waals surface area contributed by atoms with Gasteiger partial charge in [-0.25, -0.2) is 9.69 Å². The predicted octanol–water partition coefficient (Wildman–Crippen LogP) is 5.37. The molecule has 0 saturated carbocycles. The van der Waals surface area contributed by atoms with Gasteiger partial charge in [-0.15, -0.1) is 0 Å². The normalized spacial score (nSPS) is 10.3. The molecule has 0 fully saturated rings. The van der Waals surface area contributed by atoms with Gasteiger partial charge in [0, 0.05) is 16.1 Å². The third-order valence-corrected chi connectivity index (χ3v) is 3.49. The van der Waals surface area contributed by atoms with Crippen molar-refractivity contribution >= 4 is 58.0 Å². The Bertz CT molecular complexity index is 767. The molecule has 0 unspecified atom stereocenters. The molecular formula is C13H7Cl3N2O4. The third kappa shape index (κ3) is 3.24. The van der Waals surface area contributed by atoms with Crippen molar-refractivity contribution in [1.29, 1.82) is 0 Å². The molecule has 2 aromatic carbocycles. The maximum Gasteiger partial charge on any atom is 0.416 e. The van der Waals surface area contributed by atoms with Gasteiger partial charge < -0.3 is 5.11 Å². The fourth-order valence-electron chi connectivity index (χ4n) is 1.83. The van der Waals surface area contributed by atoms with Crippen molar-refractivity contribution in [1.82, 2.24) is 0 Å². The van der Waals surface area contributed by atoms with E-state index in [4.69, 9.17) is 34.8 Å². The van der Waals surface area contributed by atoms with Crippen LogP contribution in [0.15, 0.2) is 36.4 Å². The predicted molar refractivity (Wildman–Crippen MR) is 84.7 cm³/mol. The molecule has 0 aliphatic carbocycles. The lowest BCUT2D eigenvalue weighted by Gasteiger charge is -2.20. The highest BCUT2D eigenvalue weighted by atomic mass is 35.5. The van der Waals surface area contributed by atoms with Crippen LogP contribution in [0.5, 0.6) is 0 Å². The van der Waals surface area contributed by atoms with Crippen molar-refractivity contribution in [3.63, 3.8) is 0 Å². The monoisotopic (exact) mass is 360 g/mol. The van der Waals surface area contributed by atoms with Crippen LogP contribution in [0.2, 0.25) is 15.1 Å². The van der Waals surface area contributed by atoms with Crippen molar-refractivity contribution in [3.8, 4) is 0 Å². The van der Waals surface area contributed by atoms with Gasteiger partial charge in [-0.1, -0.05) is 34.8 Å². The number of hydrogen-bond donors (Lipinski definition) is 1. The van der Waals surface area contributed by atoms with Crippen LogP contribution < -0.4 is 4.90 Å². The summed E-state index contributed by atoms with van der Waals surface area (Å²) in [7, 11) is 0. The standard InChI is InChI=1S/C13H7Cl3N2O4/c14-7-1-3-10(9(16)5-7)17(13(19)20)11-4-2-8(15)6-12(11)18(21)22/h1-6H,(H,19,20). The quantitative estimate of drug-likeness (QED) is 0.588. The van der Waals surface area contributed by atoms with Crippen LogP contribution in [-0.2, 0) is 0 Å². The number of nitro benzene ring substituents is 1. The molecule has 0 aliphatic rings. The molecule has 1 amide bonds. The highest BCUT2D eigenvalue weighted by Gasteiger charge is 2.27. The Kier molecular flexibility index (Phi) is 4.75. The molecule has 9 heteroatoms. The Morgan fingerprint density at radius 3 is 2.09 bits per heavy atom. The minimum atomic E-state index is -1.44. The summed E-state index contributed by atoms with van der Waals surface area (Å²) in [5, 5.41) is 21.0. The van der Waals surface area contributed by atoms with Crippen LogP contribution in [0.25, 0.3) is 0 Å². The van der Waals surface area contributed by atoms with Crippen LogP contribution in [0, 0.1) is 10.1 Å². The van der Waals surface area contributed by atoms with Crippen LogP contribution in [0.1, 0.15) is 0 Å². The molecule has 2 aromatic rings. The number of nitrogens with zero attached hydrogens (tertiary/aromatic N) is 2. The Morgan fingerprint density at radius 1 is 1.05 bits per heavy atom. The van der Waals surface area contributed by atoms with Crippen molar-refractivity contribution in [2.24, 2.45) is 0 Å². The number of amides is 1. The molecule has 0 radical (unpaired) electrons. The summed E-state index contributed by atoms with van der Waals surface area (Å²) in [5.41, 5.74) is -0.587. The van der Waals surface area contributed by atoms with Gasteiger partial charge in [0.25, 0.3) is 5.69 Å². The minimum absolute atomic E-state index is 0.0409. The van der Waals surface area contributed by atoms with Gasteiger partial charge in [0.15, 0.2) is 0 Å². The minimum Gasteiger partial charge on any atom is -0.464 e. The lowest BCUT2D eigenvalue weighted by molar-refractivity contribution is -0.384. The second kappa shape index (κ2) is 6.39. The van der Waals surface area contributed by atoms with E-state index in [1.54, 1.807) is 0 Å². The topological polar surface area (TPSA) is 83.7 Å². The lowest BCUT2D eigenvalue weighted by atomic mass is 10.2. The molecule has 0 aliphatic heterocycles. The maximum atomic E-state index is 11.6. The smallest absolute Gasteiger partial charge is 0.416 e. The van der Waals surface area contributed by atoms with Gasteiger partial charge in [0.1, 0.15) is 5.69 Å².